The van der Waals surface area contributed by atoms with E-state index < -0.39 is 16.1 Å². The van der Waals surface area contributed by atoms with Gasteiger partial charge in [0.1, 0.15) is 5.75 Å². The zero-order valence-electron chi connectivity index (χ0n) is 13.2. The largest absolute Gasteiger partial charge is 0.481 e. The highest BCUT2D eigenvalue weighted by Gasteiger charge is 2.29. The van der Waals surface area contributed by atoms with E-state index in [0.29, 0.717) is 31.9 Å². The Morgan fingerprint density at radius 1 is 1.14 bits per heavy atom. The quantitative estimate of drug-likeness (QED) is 0.823. The molecule has 0 unspecified atom stereocenters. The van der Waals surface area contributed by atoms with Gasteiger partial charge in [-0.05, 0) is 26.0 Å². The summed E-state index contributed by atoms with van der Waals surface area (Å²) in [6, 6.07) is 7.52. The predicted octanol–water partition coefficient (Wildman–Crippen LogP) is 0.866. The van der Waals surface area contributed by atoms with Crippen LogP contribution in [0.4, 0.5) is 0 Å². The molecule has 1 aliphatic rings. The predicted molar refractivity (Wildman–Crippen MR) is 84.3 cm³/mol. The molecule has 0 aromatic heterocycles. The summed E-state index contributed by atoms with van der Waals surface area (Å²) in [5, 5.41) is 0. The third kappa shape index (κ3) is 4.20. The van der Waals surface area contributed by atoms with Crippen molar-refractivity contribution in [2.75, 3.05) is 32.4 Å². The number of rotatable bonds is 4. The lowest BCUT2D eigenvalue weighted by Crippen LogP contribution is -2.53. The van der Waals surface area contributed by atoms with Crippen LogP contribution < -0.4 is 4.74 Å². The lowest BCUT2D eigenvalue weighted by Gasteiger charge is -2.34. The summed E-state index contributed by atoms with van der Waals surface area (Å²) in [4.78, 5) is 14.0. The van der Waals surface area contributed by atoms with Gasteiger partial charge in [0.15, 0.2) is 6.10 Å². The second kappa shape index (κ2) is 6.66. The van der Waals surface area contributed by atoms with Gasteiger partial charge in [-0.2, -0.15) is 4.31 Å². The van der Waals surface area contributed by atoms with E-state index in [4.69, 9.17) is 4.74 Å². The van der Waals surface area contributed by atoms with Gasteiger partial charge in [0.2, 0.25) is 10.0 Å². The van der Waals surface area contributed by atoms with Crippen LogP contribution in [0.5, 0.6) is 5.75 Å². The Hall–Kier alpha value is -1.60. The molecule has 1 aliphatic heterocycles. The number of aryl methyl sites for hydroxylation is 1. The Morgan fingerprint density at radius 2 is 1.68 bits per heavy atom. The molecule has 0 saturated carbocycles. The van der Waals surface area contributed by atoms with Crippen LogP contribution in [0, 0.1) is 6.92 Å². The maximum Gasteiger partial charge on any atom is 0.263 e. The number of nitrogens with zero attached hydrogens (tertiary/aromatic N) is 2. The van der Waals surface area contributed by atoms with E-state index in [2.05, 4.69) is 0 Å². The number of hydrogen-bond donors (Lipinski definition) is 0. The smallest absolute Gasteiger partial charge is 0.263 e. The highest BCUT2D eigenvalue weighted by atomic mass is 32.2. The van der Waals surface area contributed by atoms with Crippen LogP contribution in [0.2, 0.25) is 0 Å². The van der Waals surface area contributed by atoms with Crippen LogP contribution in [-0.2, 0) is 14.8 Å². The molecule has 1 saturated heterocycles. The van der Waals surface area contributed by atoms with Crippen LogP contribution in [0.1, 0.15) is 12.5 Å². The number of hydrogen-bond acceptors (Lipinski definition) is 4. The minimum Gasteiger partial charge on any atom is -0.481 e. The molecule has 0 radical (unpaired) electrons. The van der Waals surface area contributed by atoms with Gasteiger partial charge in [-0.15, -0.1) is 0 Å². The highest BCUT2D eigenvalue weighted by molar-refractivity contribution is 7.88. The SMILES string of the molecule is Cc1ccc(O[C@H](C)C(=O)N2CCN(S(C)(=O)=O)CC2)cc1. The fraction of sp³-hybridized carbons (Fsp3) is 0.533. The summed E-state index contributed by atoms with van der Waals surface area (Å²) in [6.45, 7) is 5.16. The van der Waals surface area contributed by atoms with Gasteiger partial charge in [-0.1, -0.05) is 17.7 Å². The normalized spacial score (nSPS) is 18.0. The number of carbonyl (C=O) groups is 1. The molecule has 122 valence electrons. The Morgan fingerprint density at radius 3 is 2.18 bits per heavy atom. The number of amides is 1. The van der Waals surface area contributed by atoms with Gasteiger partial charge in [-0.3, -0.25) is 4.79 Å². The topological polar surface area (TPSA) is 66.9 Å². The summed E-state index contributed by atoms with van der Waals surface area (Å²) < 4.78 is 30.0. The van der Waals surface area contributed by atoms with E-state index in [9.17, 15) is 13.2 Å². The van der Waals surface area contributed by atoms with Gasteiger partial charge in [0, 0.05) is 26.2 Å². The van der Waals surface area contributed by atoms with Gasteiger partial charge >= 0.3 is 0 Å². The van der Waals surface area contributed by atoms with Gasteiger partial charge < -0.3 is 9.64 Å². The molecule has 0 N–H and O–H groups in total. The summed E-state index contributed by atoms with van der Waals surface area (Å²) in [5.74, 6) is 0.537. The molecule has 0 aliphatic carbocycles. The lowest BCUT2D eigenvalue weighted by molar-refractivity contribution is -0.139. The van der Waals surface area contributed by atoms with E-state index in [1.807, 2.05) is 31.2 Å². The van der Waals surface area contributed by atoms with Crippen molar-refractivity contribution in [2.45, 2.75) is 20.0 Å². The number of sulfonamides is 1. The minimum atomic E-state index is -3.18. The molecule has 1 atom stereocenters. The van der Waals surface area contributed by atoms with Gasteiger partial charge in [0.25, 0.3) is 5.91 Å². The van der Waals surface area contributed by atoms with E-state index in [1.165, 1.54) is 10.6 Å². The van der Waals surface area contributed by atoms with Crippen LogP contribution in [-0.4, -0.2) is 62.1 Å². The van der Waals surface area contributed by atoms with E-state index in [-0.39, 0.29) is 5.91 Å². The molecule has 2 rings (SSSR count). The monoisotopic (exact) mass is 326 g/mol. The van der Waals surface area contributed by atoms with Crippen molar-refractivity contribution in [1.29, 1.82) is 0 Å². The van der Waals surface area contributed by atoms with Crippen LogP contribution in [0.3, 0.4) is 0 Å². The maximum atomic E-state index is 12.4. The van der Waals surface area contributed by atoms with Crippen LogP contribution >= 0.6 is 0 Å². The van der Waals surface area contributed by atoms with Crippen molar-refractivity contribution < 1.29 is 17.9 Å². The van der Waals surface area contributed by atoms with E-state index >= 15 is 0 Å². The zero-order chi connectivity index (χ0) is 16.3. The molecule has 7 heteroatoms. The third-order valence-electron chi connectivity index (χ3n) is 3.70. The van der Waals surface area contributed by atoms with Crippen molar-refractivity contribution in [3.05, 3.63) is 29.8 Å². The number of ether oxygens (including phenoxy) is 1. The average molecular weight is 326 g/mol. The summed E-state index contributed by atoms with van der Waals surface area (Å²) in [7, 11) is -3.18. The van der Waals surface area contributed by atoms with E-state index in [0.717, 1.165) is 5.56 Å². The summed E-state index contributed by atoms with van der Waals surface area (Å²) >= 11 is 0. The standard InChI is InChI=1S/C15H22N2O4S/c1-12-4-6-14(7-5-12)21-13(2)15(18)16-8-10-17(11-9-16)22(3,19)20/h4-7,13H,8-11H2,1-3H3/t13-/m1/s1. The highest BCUT2D eigenvalue weighted by Crippen LogP contribution is 2.15. The summed E-state index contributed by atoms with van der Waals surface area (Å²) in [6.07, 6.45) is 0.598. The van der Waals surface area contributed by atoms with Crippen LogP contribution in [0.15, 0.2) is 24.3 Å². The van der Waals surface area contributed by atoms with Crippen molar-refractivity contribution >= 4 is 15.9 Å². The first-order valence-electron chi connectivity index (χ1n) is 7.24. The second-order valence-electron chi connectivity index (χ2n) is 5.56. The summed E-state index contributed by atoms with van der Waals surface area (Å²) in [5.41, 5.74) is 1.13. The first-order valence-corrected chi connectivity index (χ1v) is 9.09. The Kier molecular flexibility index (Phi) is 5.08. The zero-order valence-corrected chi connectivity index (χ0v) is 14.0. The maximum absolute atomic E-state index is 12.4. The number of benzene rings is 1. The molecule has 1 heterocycles. The molecule has 1 aromatic carbocycles. The molecule has 1 aromatic rings. The molecule has 0 spiro atoms. The molecule has 22 heavy (non-hydrogen) atoms. The Bertz CT molecular complexity index is 619. The van der Waals surface area contributed by atoms with Crippen molar-refractivity contribution in [3.63, 3.8) is 0 Å². The molecule has 1 fully saturated rings. The molecule has 0 bridgehead atoms. The first kappa shape index (κ1) is 16.8. The van der Waals surface area contributed by atoms with Crippen molar-refractivity contribution in [1.82, 2.24) is 9.21 Å². The molecule has 1 amide bonds. The van der Waals surface area contributed by atoms with Gasteiger partial charge in [-0.25, -0.2) is 8.42 Å². The molecular formula is C15H22N2O4S. The average Bonchev–Trinajstić information content (AvgIpc) is 2.48. The Labute approximate surface area is 131 Å². The Balaban J connectivity index is 1.90. The number of carbonyl (C=O) groups excluding carboxylic acids is 1. The molecule has 6 nitrogen and oxygen atoms in total. The van der Waals surface area contributed by atoms with Crippen molar-refractivity contribution in [3.8, 4) is 5.75 Å². The fourth-order valence-electron chi connectivity index (χ4n) is 2.37. The lowest BCUT2D eigenvalue weighted by atomic mass is 10.2. The second-order valence-corrected chi connectivity index (χ2v) is 7.54. The number of piperazine rings is 1. The molecular weight excluding hydrogens is 304 g/mol. The fourth-order valence-corrected chi connectivity index (χ4v) is 3.20. The van der Waals surface area contributed by atoms with Crippen LogP contribution in [0.25, 0.3) is 0 Å². The van der Waals surface area contributed by atoms with Gasteiger partial charge in [0.05, 0.1) is 6.26 Å². The van der Waals surface area contributed by atoms with Crippen molar-refractivity contribution in [2.24, 2.45) is 0 Å². The third-order valence-corrected chi connectivity index (χ3v) is 5.00. The first-order chi connectivity index (χ1) is 10.3. The van der Waals surface area contributed by atoms with E-state index in [1.54, 1.807) is 11.8 Å². The minimum absolute atomic E-state index is 0.117.